The highest BCUT2D eigenvalue weighted by molar-refractivity contribution is 5.97. The average Bonchev–Trinajstić information content (AvgIpc) is 2.90. The van der Waals surface area contributed by atoms with Gasteiger partial charge in [-0.05, 0) is 54.3 Å². The van der Waals surface area contributed by atoms with Gasteiger partial charge >= 0.3 is 0 Å². The highest BCUT2D eigenvalue weighted by atomic mass is 16.5. The standard InChI is InChI=1S/C28H33N5O2/c1-2-35-16-15-32-11-13-33(14-12-32)24-6-3-20(4-7-24)23-18-26(27(29)31-19-23)21-5-8-25-22(17-21)9-10-30-28(25)34/h3-8,17-19H,2,9-16H2,1H3,(H2,29,31)(H,30,34). The highest BCUT2D eigenvalue weighted by Crippen LogP contribution is 2.32. The number of amides is 1. The van der Waals surface area contributed by atoms with Crippen molar-refractivity contribution in [3.63, 3.8) is 0 Å². The second kappa shape index (κ2) is 10.5. The van der Waals surface area contributed by atoms with E-state index in [-0.39, 0.29) is 5.91 Å². The van der Waals surface area contributed by atoms with Gasteiger partial charge in [0.1, 0.15) is 5.82 Å². The predicted molar refractivity (Wildman–Crippen MR) is 141 cm³/mol. The van der Waals surface area contributed by atoms with Crippen LogP contribution in [0, 0.1) is 0 Å². The Morgan fingerprint density at radius 3 is 2.51 bits per heavy atom. The zero-order valence-corrected chi connectivity index (χ0v) is 20.3. The number of anilines is 2. The lowest BCUT2D eigenvalue weighted by atomic mass is 9.94. The number of nitrogen functional groups attached to an aromatic ring is 1. The zero-order chi connectivity index (χ0) is 24.2. The SMILES string of the molecule is CCOCCN1CCN(c2ccc(-c3cnc(N)c(-c4ccc5c(c4)CCNC5=O)c3)cc2)CC1. The fourth-order valence-corrected chi connectivity index (χ4v) is 4.89. The number of rotatable bonds is 7. The Kier molecular flexibility index (Phi) is 6.97. The quantitative estimate of drug-likeness (QED) is 0.514. The highest BCUT2D eigenvalue weighted by Gasteiger charge is 2.19. The van der Waals surface area contributed by atoms with Gasteiger partial charge < -0.3 is 20.7 Å². The molecule has 2 aromatic carbocycles. The molecule has 0 radical (unpaired) electrons. The van der Waals surface area contributed by atoms with Crippen LogP contribution >= 0.6 is 0 Å². The van der Waals surface area contributed by atoms with E-state index in [0.717, 1.165) is 85.7 Å². The number of carbonyl (C=O) groups excluding carboxylic acids is 1. The van der Waals surface area contributed by atoms with Gasteiger partial charge in [-0.15, -0.1) is 0 Å². The van der Waals surface area contributed by atoms with Crippen LogP contribution in [0.2, 0.25) is 0 Å². The van der Waals surface area contributed by atoms with Crippen LogP contribution in [0.1, 0.15) is 22.8 Å². The van der Waals surface area contributed by atoms with Crippen LogP contribution in [0.15, 0.2) is 54.7 Å². The van der Waals surface area contributed by atoms with E-state index in [1.807, 2.05) is 25.3 Å². The van der Waals surface area contributed by atoms with Crippen LogP contribution in [-0.2, 0) is 11.2 Å². The van der Waals surface area contributed by atoms with Crippen molar-refractivity contribution >= 4 is 17.4 Å². The summed E-state index contributed by atoms with van der Waals surface area (Å²) in [5.74, 6) is 0.484. The number of nitrogens with two attached hydrogens (primary N) is 1. The van der Waals surface area contributed by atoms with Crippen LogP contribution in [0.25, 0.3) is 22.3 Å². The molecule has 0 saturated carbocycles. The second-order valence-electron chi connectivity index (χ2n) is 9.11. The number of fused-ring (bicyclic) bond motifs is 1. The number of hydrogen-bond donors (Lipinski definition) is 2. The first-order valence-corrected chi connectivity index (χ1v) is 12.4. The number of piperazine rings is 1. The van der Waals surface area contributed by atoms with E-state index < -0.39 is 0 Å². The molecule has 3 aromatic rings. The molecule has 7 nitrogen and oxygen atoms in total. The minimum absolute atomic E-state index is 0.00957. The molecular formula is C28H33N5O2. The van der Waals surface area contributed by atoms with Crippen LogP contribution in [0.3, 0.4) is 0 Å². The van der Waals surface area contributed by atoms with E-state index in [0.29, 0.717) is 12.4 Å². The van der Waals surface area contributed by atoms with Crippen LogP contribution in [0.4, 0.5) is 11.5 Å². The summed E-state index contributed by atoms with van der Waals surface area (Å²) in [6.45, 7) is 9.46. The lowest BCUT2D eigenvalue weighted by Gasteiger charge is -2.36. The van der Waals surface area contributed by atoms with Gasteiger partial charge in [0.05, 0.1) is 6.61 Å². The summed E-state index contributed by atoms with van der Waals surface area (Å²) >= 11 is 0. The lowest BCUT2D eigenvalue weighted by Crippen LogP contribution is -2.47. The predicted octanol–water partition coefficient (Wildman–Crippen LogP) is 3.44. The molecule has 0 atom stereocenters. The summed E-state index contributed by atoms with van der Waals surface area (Å²) in [6.07, 6.45) is 2.65. The van der Waals surface area contributed by atoms with Gasteiger partial charge in [0, 0.05) is 74.5 Å². The maximum Gasteiger partial charge on any atom is 0.251 e. The molecule has 0 bridgehead atoms. The van der Waals surface area contributed by atoms with E-state index >= 15 is 0 Å². The molecule has 3 N–H and O–H groups in total. The maximum absolute atomic E-state index is 12.1. The number of nitrogens with one attached hydrogen (secondary N) is 1. The van der Waals surface area contributed by atoms with Crippen molar-refractivity contribution in [1.82, 2.24) is 15.2 Å². The molecule has 2 aliphatic rings. The normalized spacial score (nSPS) is 16.1. The Labute approximate surface area is 206 Å². The van der Waals surface area contributed by atoms with Crippen LogP contribution < -0.4 is 16.0 Å². The number of benzene rings is 2. The molecular weight excluding hydrogens is 438 g/mol. The Bertz CT molecular complexity index is 1190. The van der Waals surface area contributed by atoms with E-state index in [2.05, 4.69) is 56.5 Å². The molecule has 0 spiro atoms. The number of carbonyl (C=O) groups is 1. The van der Waals surface area contributed by atoms with E-state index in [1.165, 1.54) is 5.69 Å². The average molecular weight is 472 g/mol. The third-order valence-corrected chi connectivity index (χ3v) is 6.95. The van der Waals surface area contributed by atoms with Gasteiger partial charge in [0.15, 0.2) is 0 Å². The van der Waals surface area contributed by atoms with Crippen molar-refractivity contribution in [1.29, 1.82) is 0 Å². The summed E-state index contributed by atoms with van der Waals surface area (Å²) in [5.41, 5.74) is 13.3. The Balaban J connectivity index is 1.30. The topological polar surface area (TPSA) is 83.7 Å². The van der Waals surface area contributed by atoms with Crippen molar-refractivity contribution in [2.45, 2.75) is 13.3 Å². The third kappa shape index (κ3) is 5.16. The van der Waals surface area contributed by atoms with Gasteiger partial charge in [-0.3, -0.25) is 9.69 Å². The molecule has 1 fully saturated rings. The van der Waals surface area contributed by atoms with E-state index in [9.17, 15) is 4.79 Å². The van der Waals surface area contributed by atoms with Gasteiger partial charge in [-0.2, -0.15) is 0 Å². The molecule has 1 saturated heterocycles. The van der Waals surface area contributed by atoms with Crippen molar-refractivity contribution in [2.24, 2.45) is 0 Å². The van der Waals surface area contributed by atoms with Crippen LogP contribution in [-0.4, -0.2) is 68.3 Å². The third-order valence-electron chi connectivity index (χ3n) is 6.95. The van der Waals surface area contributed by atoms with E-state index in [4.69, 9.17) is 10.5 Å². The van der Waals surface area contributed by atoms with Crippen molar-refractivity contribution in [3.05, 3.63) is 65.9 Å². The first-order valence-electron chi connectivity index (χ1n) is 12.4. The second-order valence-corrected chi connectivity index (χ2v) is 9.11. The minimum Gasteiger partial charge on any atom is -0.383 e. The van der Waals surface area contributed by atoms with Crippen LogP contribution in [0.5, 0.6) is 0 Å². The molecule has 35 heavy (non-hydrogen) atoms. The molecule has 1 amide bonds. The lowest BCUT2D eigenvalue weighted by molar-refractivity contribution is 0.0946. The Morgan fingerprint density at radius 1 is 0.971 bits per heavy atom. The van der Waals surface area contributed by atoms with Crippen molar-refractivity contribution in [3.8, 4) is 22.3 Å². The molecule has 5 rings (SSSR count). The molecule has 7 heteroatoms. The fraction of sp³-hybridized carbons (Fsp3) is 0.357. The fourth-order valence-electron chi connectivity index (χ4n) is 4.89. The molecule has 0 unspecified atom stereocenters. The zero-order valence-electron chi connectivity index (χ0n) is 20.3. The Hall–Kier alpha value is -3.42. The maximum atomic E-state index is 12.1. The number of hydrogen-bond acceptors (Lipinski definition) is 6. The number of ether oxygens (including phenoxy) is 1. The number of aromatic nitrogens is 1. The number of pyridine rings is 1. The minimum atomic E-state index is -0.00957. The first-order chi connectivity index (χ1) is 17.1. The van der Waals surface area contributed by atoms with E-state index in [1.54, 1.807) is 0 Å². The van der Waals surface area contributed by atoms with Gasteiger partial charge in [0.2, 0.25) is 0 Å². The van der Waals surface area contributed by atoms with Crippen molar-refractivity contribution < 1.29 is 9.53 Å². The molecule has 2 aliphatic heterocycles. The molecule has 1 aromatic heterocycles. The summed E-state index contributed by atoms with van der Waals surface area (Å²) < 4.78 is 5.49. The summed E-state index contributed by atoms with van der Waals surface area (Å²) in [6, 6.07) is 16.7. The molecule has 182 valence electrons. The first kappa shape index (κ1) is 23.3. The summed E-state index contributed by atoms with van der Waals surface area (Å²) in [5, 5.41) is 2.89. The molecule has 3 heterocycles. The summed E-state index contributed by atoms with van der Waals surface area (Å²) in [4.78, 5) is 21.5. The van der Waals surface area contributed by atoms with Crippen molar-refractivity contribution in [2.75, 3.05) is 63.1 Å². The molecule has 0 aliphatic carbocycles. The monoisotopic (exact) mass is 471 g/mol. The Morgan fingerprint density at radius 2 is 1.74 bits per heavy atom. The van der Waals surface area contributed by atoms with Gasteiger partial charge in [-0.25, -0.2) is 4.98 Å². The largest absolute Gasteiger partial charge is 0.383 e. The smallest absolute Gasteiger partial charge is 0.251 e. The summed E-state index contributed by atoms with van der Waals surface area (Å²) in [7, 11) is 0. The van der Waals surface area contributed by atoms with Gasteiger partial charge in [-0.1, -0.05) is 24.3 Å². The number of nitrogens with zero attached hydrogens (tertiary/aromatic N) is 3. The van der Waals surface area contributed by atoms with Gasteiger partial charge in [0.25, 0.3) is 5.91 Å².